The Bertz CT molecular complexity index is 262. The lowest BCUT2D eigenvalue weighted by molar-refractivity contribution is -0.133. The van der Waals surface area contributed by atoms with Crippen LogP contribution in [0.4, 0.5) is 0 Å². The zero-order chi connectivity index (χ0) is 12.3. The van der Waals surface area contributed by atoms with Crippen molar-refractivity contribution in [3.63, 3.8) is 0 Å². The normalized spacial score (nSPS) is 30.8. The van der Waals surface area contributed by atoms with Crippen molar-refractivity contribution in [1.29, 1.82) is 0 Å². The lowest BCUT2D eigenvalue weighted by atomic mass is 10.1. The van der Waals surface area contributed by atoms with Gasteiger partial charge in [0.05, 0.1) is 6.10 Å². The van der Waals surface area contributed by atoms with Gasteiger partial charge in [0.15, 0.2) is 0 Å². The molecule has 0 aromatic rings. The molecule has 17 heavy (non-hydrogen) atoms. The predicted molar refractivity (Wildman–Crippen MR) is 66.7 cm³/mol. The fourth-order valence-corrected chi connectivity index (χ4v) is 3.02. The Balaban J connectivity index is 1.79. The van der Waals surface area contributed by atoms with Crippen LogP contribution in [-0.4, -0.2) is 59.1 Å². The number of rotatable bonds is 3. The average Bonchev–Trinajstić information content (AvgIpc) is 2.76. The monoisotopic (exact) mass is 240 g/mol. The Morgan fingerprint density at radius 2 is 1.94 bits per heavy atom. The van der Waals surface area contributed by atoms with Crippen LogP contribution in [0.25, 0.3) is 0 Å². The van der Waals surface area contributed by atoms with E-state index in [1.54, 1.807) is 0 Å². The van der Waals surface area contributed by atoms with E-state index >= 15 is 0 Å². The minimum Gasteiger partial charge on any atom is -0.391 e. The van der Waals surface area contributed by atoms with Gasteiger partial charge in [-0.1, -0.05) is 6.92 Å². The SMILES string of the molecule is CCCC(=O)N1CCN(C2CCCC2O)CC1. The molecule has 4 heteroatoms. The molecule has 2 atom stereocenters. The highest BCUT2D eigenvalue weighted by Gasteiger charge is 2.32. The molecule has 0 bridgehead atoms. The zero-order valence-corrected chi connectivity index (χ0v) is 10.8. The molecule has 1 aliphatic heterocycles. The molecular formula is C13H24N2O2. The molecule has 1 amide bonds. The molecule has 1 saturated carbocycles. The molecule has 4 nitrogen and oxygen atoms in total. The fourth-order valence-electron chi connectivity index (χ4n) is 3.02. The molecule has 0 aromatic carbocycles. The Kier molecular flexibility index (Phi) is 4.40. The molecule has 0 spiro atoms. The first-order chi connectivity index (χ1) is 8.22. The van der Waals surface area contributed by atoms with E-state index in [0.29, 0.717) is 18.4 Å². The summed E-state index contributed by atoms with van der Waals surface area (Å²) in [4.78, 5) is 16.1. The average molecular weight is 240 g/mol. The van der Waals surface area contributed by atoms with E-state index in [2.05, 4.69) is 4.90 Å². The molecule has 2 rings (SSSR count). The van der Waals surface area contributed by atoms with Gasteiger partial charge in [0, 0.05) is 38.6 Å². The number of nitrogens with zero attached hydrogens (tertiary/aromatic N) is 2. The van der Waals surface area contributed by atoms with Gasteiger partial charge >= 0.3 is 0 Å². The molecule has 0 aromatic heterocycles. The van der Waals surface area contributed by atoms with Crippen LogP contribution in [0, 0.1) is 0 Å². The van der Waals surface area contributed by atoms with Crippen LogP contribution in [-0.2, 0) is 4.79 Å². The second kappa shape index (κ2) is 5.83. The maximum Gasteiger partial charge on any atom is 0.222 e. The second-order valence-corrected chi connectivity index (χ2v) is 5.23. The Morgan fingerprint density at radius 3 is 2.47 bits per heavy atom. The molecular weight excluding hydrogens is 216 g/mol. The number of hydrogen-bond acceptors (Lipinski definition) is 3. The lowest BCUT2D eigenvalue weighted by Gasteiger charge is -2.39. The van der Waals surface area contributed by atoms with Crippen molar-refractivity contribution >= 4 is 5.91 Å². The van der Waals surface area contributed by atoms with Gasteiger partial charge in [0.25, 0.3) is 0 Å². The van der Waals surface area contributed by atoms with E-state index in [0.717, 1.165) is 51.9 Å². The summed E-state index contributed by atoms with van der Waals surface area (Å²) in [5.41, 5.74) is 0. The topological polar surface area (TPSA) is 43.8 Å². The number of amides is 1. The van der Waals surface area contributed by atoms with E-state index in [4.69, 9.17) is 0 Å². The number of hydrogen-bond donors (Lipinski definition) is 1. The Hall–Kier alpha value is -0.610. The summed E-state index contributed by atoms with van der Waals surface area (Å²) >= 11 is 0. The van der Waals surface area contributed by atoms with E-state index in [1.165, 1.54) is 0 Å². The fraction of sp³-hybridized carbons (Fsp3) is 0.923. The summed E-state index contributed by atoms with van der Waals surface area (Å²) in [5, 5.41) is 9.88. The molecule has 0 radical (unpaired) electrons. The highest BCUT2D eigenvalue weighted by atomic mass is 16.3. The van der Waals surface area contributed by atoms with Gasteiger partial charge in [-0.2, -0.15) is 0 Å². The number of aliphatic hydroxyl groups is 1. The van der Waals surface area contributed by atoms with Crippen molar-refractivity contribution in [3.05, 3.63) is 0 Å². The molecule has 2 unspecified atom stereocenters. The third kappa shape index (κ3) is 2.99. The van der Waals surface area contributed by atoms with Crippen LogP contribution >= 0.6 is 0 Å². The van der Waals surface area contributed by atoms with Crippen molar-refractivity contribution in [2.45, 2.75) is 51.2 Å². The summed E-state index contributed by atoms with van der Waals surface area (Å²) in [5.74, 6) is 0.291. The smallest absolute Gasteiger partial charge is 0.222 e. The maximum atomic E-state index is 11.7. The summed E-state index contributed by atoms with van der Waals surface area (Å²) in [6, 6.07) is 0.346. The van der Waals surface area contributed by atoms with Crippen LogP contribution in [0.3, 0.4) is 0 Å². The first-order valence-corrected chi connectivity index (χ1v) is 6.92. The summed E-state index contributed by atoms with van der Waals surface area (Å²) in [6.45, 7) is 5.57. The van der Waals surface area contributed by atoms with E-state index in [-0.39, 0.29) is 6.10 Å². The minimum absolute atomic E-state index is 0.145. The van der Waals surface area contributed by atoms with Gasteiger partial charge in [-0.25, -0.2) is 0 Å². The van der Waals surface area contributed by atoms with Crippen molar-refractivity contribution in [3.8, 4) is 0 Å². The van der Waals surface area contributed by atoms with E-state index < -0.39 is 0 Å². The zero-order valence-electron chi connectivity index (χ0n) is 10.8. The van der Waals surface area contributed by atoms with Gasteiger partial charge in [0.2, 0.25) is 5.91 Å². The van der Waals surface area contributed by atoms with Crippen LogP contribution in [0.15, 0.2) is 0 Å². The maximum absolute atomic E-state index is 11.7. The molecule has 2 fully saturated rings. The number of carbonyl (C=O) groups excluding carboxylic acids is 1. The lowest BCUT2D eigenvalue weighted by Crippen LogP contribution is -2.53. The van der Waals surface area contributed by atoms with Crippen LogP contribution in [0.1, 0.15) is 39.0 Å². The van der Waals surface area contributed by atoms with Crippen molar-refractivity contribution in [2.75, 3.05) is 26.2 Å². The standard InChI is InChI=1S/C13H24N2O2/c1-2-4-13(17)15-9-7-14(8-10-15)11-5-3-6-12(11)16/h11-12,16H,2-10H2,1H3. The third-order valence-corrected chi connectivity index (χ3v) is 4.04. The van der Waals surface area contributed by atoms with Gasteiger partial charge in [-0.05, 0) is 25.7 Å². The van der Waals surface area contributed by atoms with Gasteiger partial charge < -0.3 is 10.0 Å². The highest BCUT2D eigenvalue weighted by Crippen LogP contribution is 2.25. The molecule has 1 N–H and O–H groups in total. The van der Waals surface area contributed by atoms with Crippen LogP contribution in [0.5, 0.6) is 0 Å². The highest BCUT2D eigenvalue weighted by molar-refractivity contribution is 5.76. The predicted octanol–water partition coefficient (Wildman–Crippen LogP) is 0.844. The largest absolute Gasteiger partial charge is 0.391 e. The molecule has 2 aliphatic rings. The minimum atomic E-state index is -0.145. The van der Waals surface area contributed by atoms with Crippen LogP contribution in [0.2, 0.25) is 0 Å². The Morgan fingerprint density at radius 1 is 1.24 bits per heavy atom. The quantitative estimate of drug-likeness (QED) is 0.795. The first-order valence-electron chi connectivity index (χ1n) is 6.92. The summed E-state index contributed by atoms with van der Waals surface area (Å²) in [7, 11) is 0. The summed E-state index contributed by atoms with van der Waals surface area (Å²) < 4.78 is 0. The van der Waals surface area contributed by atoms with Crippen LogP contribution < -0.4 is 0 Å². The van der Waals surface area contributed by atoms with Crippen molar-refractivity contribution in [2.24, 2.45) is 0 Å². The number of carbonyl (C=O) groups is 1. The van der Waals surface area contributed by atoms with Gasteiger partial charge in [-0.15, -0.1) is 0 Å². The second-order valence-electron chi connectivity index (χ2n) is 5.23. The van der Waals surface area contributed by atoms with Crippen molar-refractivity contribution in [1.82, 2.24) is 9.80 Å². The molecule has 1 saturated heterocycles. The molecule has 98 valence electrons. The van der Waals surface area contributed by atoms with Crippen molar-refractivity contribution < 1.29 is 9.90 Å². The number of piperazine rings is 1. The summed E-state index contributed by atoms with van der Waals surface area (Å²) in [6.07, 6.45) is 4.66. The molecule has 1 aliphatic carbocycles. The van der Waals surface area contributed by atoms with E-state index in [9.17, 15) is 9.90 Å². The van der Waals surface area contributed by atoms with Gasteiger partial charge in [-0.3, -0.25) is 9.69 Å². The van der Waals surface area contributed by atoms with E-state index in [1.807, 2.05) is 11.8 Å². The van der Waals surface area contributed by atoms with Gasteiger partial charge in [0.1, 0.15) is 0 Å². The molecule has 1 heterocycles. The third-order valence-electron chi connectivity index (χ3n) is 4.04. The Labute approximate surface area is 104 Å². The first kappa shape index (κ1) is 12.8. The number of aliphatic hydroxyl groups excluding tert-OH is 1.